The van der Waals surface area contributed by atoms with Gasteiger partial charge in [-0.3, -0.25) is 4.79 Å². The van der Waals surface area contributed by atoms with Crippen LogP contribution in [0.25, 0.3) is 0 Å². The Bertz CT molecular complexity index is 28.1. The first-order chi connectivity index (χ1) is 2.41. The highest BCUT2D eigenvalue weighted by atomic mass is 16.1. The highest BCUT2D eigenvalue weighted by Crippen LogP contribution is 1.36. The molecule has 0 aromatic rings. The number of carbonyl (C=O) groups excluding carboxylic acids is 1. The van der Waals surface area contributed by atoms with E-state index < -0.39 is 0 Å². The summed E-state index contributed by atoms with van der Waals surface area (Å²) in [7, 11) is 0. The van der Waals surface area contributed by atoms with Crippen LogP contribution in [0.4, 0.5) is 0 Å². The number of hydrogen-bond acceptors (Lipinski definition) is 1. The minimum Gasteiger partial charge on any atom is -0.359 e. The van der Waals surface area contributed by atoms with Crippen LogP contribution in [0.3, 0.4) is 0 Å². The molecule has 0 aromatic carbocycles. The topological polar surface area (TPSA) is 29.1 Å². The average Bonchev–Trinajstić information content (AvgIpc) is 1.41. The van der Waals surface area contributed by atoms with Gasteiger partial charge >= 0.3 is 0 Å². The van der Waals surface area contributed by atoms with Crippen LogP contribution in [0.1, 0.15) is 0 Å². The molecule has 29 valence electrons. The van der Waals surface area contributed by atoms with E-state index in [4.69, 9.17) is 0 Å². The number of nitrogens with one attached hydrogen (secondary N) is 1. The molecule has 0 heterocycles. The Morgan fingerprint density at radius 2 is 2.60 bits per heavy atom. The smallest absolute Gasteiger partial charge is 0.207 e. The molecule has 0 bridgehead atoms. The van der Waals surface area contributed by atoms with E-state index in [0.717, 1.165) is 0 Å². The lowest BCUT2D eigenvalue weighted by Gasteiger charge is -1.78. The maximum atomic E-state index is 9.25. The van der Waals surface area contributed by atoms with E-state index in [-0.39, 0.29) is 0 Å². The van der Waals surface area contributed by atoms with Crippen molar-refractivity contribution in [3.63, 3.8) is 0 Å². The van der Waals surface area contributed by atoms with Crippen molar-refractivity contribution >= 4 is 6.41 Å². The molecular weight excluding hydrogens is 66.0 g/mol. The molecule has 1 N–H and O–H groups in total. The van der Waals surface area contributed by atoms with Crippen molar-refractivity contribution in [2.24, 2.45) is 0 Å². The fourth-order valence-electron chi connectivity index (χ4n) is 0.0589. The van der Waals surface area contributed by atoms with Gasteiger partial charge in [0.05, 0.1) is 0 Å². The summed E-state index contributed by atoms with van der Waals surface area (Å²) >= 11 is 0. The molecule has 0 saturated heterocycles. The Kier molecular flexibility index (Phi) is 3.10. The summed E-state index contributed by atoms with van der Waals surface area (Å²) < 4.78 is 0. The fraction of sp³-hybridized carbons (Fsp3) is 0.333. The molecule has 0 rings (SSSR count). The summed E-state index contributed by atoms with van der Waals surface area (Å²) in [6, 6.07) is 0. The van der Waals surface area contributed by atoms with Gasteiger partial charge in [0.1, 0.15) is 0 Å². The van der Waals surface area contributed by atoms with Gasteiger partial charge in [0, 0.05) is 6.54 Å². The van der Waals surface area contributed by atoms with Crippen LogP contribution in [0.15, 0.2) is 0 Å². The van der Waals surface area contributed by atoms with Crippen LogP contribution in [0.2, 0.25) is 0 Å². The Balaban J connectivity index is 2.40. The Hall–Kier alpha value is -0.530. The standard InChI is InChI=1S/C3H6NO/c1-2-4-3-5/h3H,1-2H2,(H,4,5). The third-order valence-electron chi connectivity index (χ3n) is 0.228. The van der Waals surface area contributed by atoms with E-state index in [2.05, 4.69) is 12.2 Å². The van der Waals surface area contributed by atoms with E-state index in [1.54, 1.807) is 0 Å². The van der Waals surface area contributed by atoms with Gasteiger partial charge in [-0.05, 0) is 6.92 Å². The van der Waals surface area contributed by atoms with E-state index in [9.17, 15) is 4.79 Å². The Labute approximate surface area is 31.2 Å². The SMILES string of the molecule is [CH2]CNC=O. The molecule has 2 nitrogen and oxygen atoms in total. The van der Waals surface area contributed by atoms with E-state index in [1.807, 2.05) is 0 Å². The van der Waals surface area contributed by atoms with Gasteiger partial charge in [-0.1, -0.05) is 0 Å². The van der Waals surface area contributed by atoms with Crippen molar-refractivity contribution in [1.82, 2.24) is 5.32 Å². The van der Waals surface area contributed by atoms with Crippen LogP contribution in [-0.4, -0.2) is 13.0 Å². The largest absolute Gasteiger partial charge is 0.359 e. The predicted octanol–water partition coefficient (Wildman–Crippen LogP) is -0.434. The third kappa shape index (κ3) is 3.47. The van der Waals surface area contributed by atoms with E-state index in [1.165, 1.54) is 0 Å². The van der Waals surface area contributed by atoms with Crippen molar-refractivity contribution in [2.45, 2.75) is 0 Å². The van der Waals surface area contributed by atoms with Crippen LogP contribution in [0, 0.1) is 6.92 Å². The molecule has 0 fully saturated rings. The molecule has 2 heteroatoms. The molecule has 0 aliphatic heterocycles. The molecule has 1 amide bonds. The molecule has 0 unspecified atom stereocenters. The summed E-state index contributed by atoms with van der Waals surface area (Å²) in [5, 5.41) is 2.32. The van der Waals surface area contributed by atoms with Crippen molar-refractivity contribution in [1.29, 1.82) is 0 Å². The molecule has 0 saturated carbocycles. The summed E-state index contributed by atoms with van der Waals surface area (Å²) in [5.74, 6) is 0. The van der Waals surface area contributed by atoms with Crippen LogP contribution >= 0.6 is 0 Å². The van der Waals surface area contributed by atoms with Gasteiger partial charge in [-0.2, -0.15) is 0 Å². The molecule has 0 aromatic heterocycles. The van der Waals surface area contributed by atoms with Gasteiger partial charge in [-0.25, -0.2) is 0 Å². The van der Waals surface area contributed by atoms with Gasteiger partial charge in [0.25, 0.3) is 0 Å². The highest BCUT2D eigenvalue weighted by Gasteiger charge is 1.59. The lowest BCUT2D eigenvalue weighted by Crippen LogP contribution is -2.07. The van der Waals surface area contributed by atoms with E-state index >= 15 is 0 Å². The zero-order valence-corrected chi connectivity index (χ0v) is 2.90. The van der Waals surface area contributed by atoms with Gasteiger partial charge in [0.2, 0.25) is 6.41 Å². The fourth-order valence-corrected chi connectivity index (χ4v) is 0.0589. The molecule has 0 aliphatic carbocycles. The predicted molar refractivity (Wildman–Crippen MR) is 19.4 cm³/mol. The average molecular weight is 72.1 g/mol. The quantitative estimate of drug-likeness (QED) is 0.440. The van der Waals surface area contributed by atoms with Crippen molar-refractivity contribution in [3.05, 3.63) is 6.92 Å². The summed E-state index contributed by atoms with van der Waals surface area (Å²) in [6.07, 6.45) is 0.618. The normalized spacial score (nSPS) is 6.60. The number of carbonyl (C=O) groups is 1. The second kappa shape index (κ2) is 3.47. The first kappa shape index (κ1) is 4.47. The first-order valence-corrected chi connectivity index (χ1v) is 1.38. The van der Waals surface area contributed by atoms with Crippen LogP contribution in [0.5, 0.6) is 0 Å². The lowest BCUT2D eigenvalue weighted by molar-refractivity contribution is -0.109. The minimum atomic E-state index is 0.476. The summed E-state index contributed by atoms with van der Waals surface area (Å²) in [5.41, 5.74) is 0. The highest BCUT2D eigenvalue weighted by molar-refractivity contribution is 5.45. The van der Waals surface area contributed by atoms with E-state index in [0.29, 0.717) is 13.0 Å². The van der Waals surface area contributed by atoms with Crippen molar-refractivity contribution in [2.75, 3.05) is 6.54 Å². The monoisotopic (exact) mass is 72.0 g/mol. The Morgan fingerprint density at radius 1 is 2.00 bits per heavy atom. The summed E-state index contributed by atoms with van der Waals surface area (Å²) in [6.45, 7) is 3.81. The van der Waals surface area contributed by atoms with Crippen molar-refractivity contribution in [3.8, 4) is 0 Å². The maximum absolute atomic E-state index is 9.25. The minimum absolute atomic E-state index is 0.476. The van der Waals surface area contributed by atoms with Gasteiger partial charge in [-0.15, -0.1) is 0 Å². The summed E-state index contributed by atoms with van der Waals surface area (Å²) in [4.78, 5) is 9.25. The first-order valence-electron chi connectivity index (χ1n) is 1.38. The molecule has 0 atom stereocenters. The maximum Gasteiger partial charge on any atom is 0.207 e. The molecule has 5 heavy (non-hydrogen) atoms. The number of amides is 1. The third-order valence-corrected chi connectivity index (χ3v) is 0.228. The molecule has 0 aliphatic rings. The zero-order valence-electron chi connectivity index (χ0n) is 2.90. The second-order valence-electron chi connectivity index (χ2n) is 0.572. The molecular formula is C3H6NO. The zero-order chi connectivity index (χ0) is 4.12. The number of hydrogen-bond donors (Lipinski definition) is 1. The second-order valence-corrected chi connectivity index (χ2v) is 0.572. The van der Waals surface area contributed by atoms with Crippen LogP contribution in [-0.2, 0) is 4.79 Å². The molecule has 0 spiro atoms. The number of rotatable bonds is 2. The van der Waals surface area contributed by atoms with Gasteiger partial charge in [0.15, 0.2) is 0 Å². The lowest BCUT2D eigenvalue weighted by atomic mass is 10.8. The molecule has 1 radical (unpaired) electrons. The van der Waals surface area contributed by atoms with Gasteiger partial charge < -0.3 is 5.32 Å². The Morgan fingerprint density at radius 3 is 2.60 bits per heavy atom. The van der Waals surface area contributed by atoms with Crippen molar-refractivity contribution < 1.29 is 4.79 Å². The van der Waals surface area contributed by atoms with Crippen LogP contribution < -0.4 is 5.32 Å².